The normalized spacial score (nSPS) is 20.2. The van der Waals surface area contributed by atoms with Crippen molar-refractivity contribution in [1.82, 2.24) is 4.98 Å². The first kappa shape index (κ1) is 16.7. The number of esters is 1. The highest BCUT2D eigenvalue weighted by Gasteiger charge is 2.37. The average molecular weight is 326 g/mol. The van der Waals surface area contributed by atoms with Crippen LogP contribution >= 0.6 is 0 Å². The third-order valence-electron chi connectivity index (χ3n) is 4.04. The van der Waals surface area contributed by atoms with Gasteiger partial charge < -0.3 is 9.64 Å². The van der Waals surface area contributed by atoms with E-state index in [-0.39, 0.29) is 5.75 Å². The summed E-state index contributed by atoms with van der Waals surface area (Å²) in [6.07, 6.45) is 2.02. The summed E-state index contributed by atoms with van der Waals surface area (Å²) in [4.78, 5) is 17.8. The molecule has 7 heteroatoms. The molecule has 122 valence electrons. The molecule has 0 spiro atoms. The first-order valence-electron chi connectivity index (χ1n) is 7.37. The topological polar surface area (TPSA) is 76.6 Å². The molecular formula is C15H22N2O4S. The molecule has 1 fully saturated rings. The van der Waals surface area contributed by atoms with Crippen LogP contribution in [0.2, 0.25) is 0 Å². The van der Waals surface area contributed by atoms with E-state index in [0.717, 1.165) is 0 Å². The molecule has 1 aromatic heterocycles. The molecule has 0 atom stereocenters. The number of aromatic nitrogens is 1. The standard InChI is InChI=1S/C15H22N2O4S/c1-4-21-14(18)12-5-6-13(16-11-12)17-8-7-15(2,3)22(19,20)10-9-17/h5-6,11H,4,7-10H2,1-3H3. The van der Waals surface area contributed by atoms with Crippen molar-refractivity contribution in [3.05, 3.63) is 23.9 Å². The van der Waals surface area contributed by atoms with Gasteiger partial charge in [0.2, 0.25) is 0 Å². The van der Waals surface area contributed by atoms with Crippen LogP contribution in [0.25, 0.3) is 0 Å². The predicted octanol–water partition coefficient (Wildman–Crippen LogP) is 1.66. The third-order valence-corrected chi connectivity index (χ3v) is 6.65. The minimum Gasteiger partial charge on any atom is -0.462 e. The highest BCUT2D eigenvalue weighted by Crippen LogP contribution is 2.27. The first-order chi connectivity index (χ1) is 10.3. The summed E-state index contributed by atoms with van der Waals surface area (Å²) in [7, 11) is -3.11. The lowest BCUT2D eigenvalue weighted by molar-refractivity contribution is 0.0526. The number of nitrogens with zero attached hydrogens (tertiary/aromatic N) is 2. The van der Waals surface area contributed by atoms with E-state index in [1.54, 1.807) is 32.9 Å². The van der Waals surface area contributed by atoms with Crippen LogP contribution in [0.4, 0.5) is 5.82 Å². The fraction of sp³-hybridized carbons (Fsp3) is 0.600. The van der Waals surface area contributed by atoms with Gasteiger partial charge in [-0.15, -0.1) is 0 Å². The van der Waals surface area contributed by atoms with Crippen LogP contribution in [0.3, 0.4) is 0 Å². The van der Waals surface area contributed by atoms with Gasteiger partial charge in [0.25, 0.3) is 0 Å². The second-order valence-electron chi connectivity index (χ2n) is 5.94. The summed E-state index contributed by atoms with van der Waals surface area (Å²) in [6.45, 7) is 6.64. The Balaban J connectivity index is 2.14. The van der Waals surface area contributed by atoms with Crippen molar-refractivity contribution in [3.8, 4) is 0 Å². The summed E-state index contributed by atoms with van der Waals surface area (Å²) in [5, 5.41) is 0. The monoisotopic (exact) mass is 326 g/mol. The molecule has 22 heavy (non-hydrogen) atoms. The molecule has 0 amide bonds. The summed E-state index contributed by atoms with van der Waals surface area (Å²) >= 11 is 0. The number of hydrogen-bond acceptors (Lipinski definition) is 6. The number of rotatable bonds is 3. The highest BCUT2D eigenvalue weighted by atomic mass is 32.2. The van der Waals surface area contributed by atoms with E-state index in [2.05, 4.69) is 4.98 Å². The van der Waals surface area contributed by atoms with Gasteiger partial charge in [-0.2, -0.15) is 0 Å². The van der Waals surface area contributed by atoms with Crippen molar-refractivity contribution < 1.29 is 17.9 Å². The fourth-order valence-corrected chi connectivity index (χ4v) is 3.73. The molecule has 0 saturated carbocycles. The number of carbonyl (C=O) groups excluding carboxylic acids is 1. The molecule has 0 radical (unpaired) electrons. The number of ether oxygens (including phenoxy) is 1. The zero-order chi connectivity index (χ0) is 16.4. The number of sulfone groups is 1. The molecule has 2 rings (SSSR count). The van der Waals surface area contributed by atoms with Crippen molar-refractivity contribution in [1.29, 1.82) is 0 Å². The van der Waals surface area contributed by atoms with Crippen LogP contribution in [0, 0.1) is 0 Å². The van der Waals surface area contributed by atoms with Crippen molar-refractivity contribution in [2.75, 3.05) is 30.3 Å². The molecule has 0 N–H and O–H groups in total. The molecule has 0 aliphatic carbocycles. The van der Waals surface area contributed by atoms with Crippen molar-refractivity contribution in [3.63, 3.8) is 0 Å². The lowest BCUT2D eigenvalue weighted by Gasteiger charge is -2.23. The lowest BCUT2D eigenvalue weighted by Crippen LogP contribution is -2.33. The van der Waals surface area contributed by atoms with Gasteiger partial charge in [-0.25, -0.2) is 18.2 Å². The van der Waals surface area contributed by atoms with Gasteiger partial charge in [0.1, 0.15) is 5.82 Å². The third kappa shape index (κ3) is 3.40. The average Bonchev–Trinajstić information content (AvgIpc) is 2.57. The van der Waals surface area contributed by atoms with E-state index in [1.165, 1.54) is 6.20 Å². The van der Waals surface area contributed by atoms with E-state index in [9.17, 15) is 13.2 Å². The van der Waals surface area contributed by atoms with Crippen molar-refractivity contribution >= 4 is 21.6 Å². The van der Waals surface area contributed by atoms with Crippen LogP contribution in [-0.2, 0) is 14.6 Å². The molecule has 0 aromatic carbocycles. The minimum absolute atomic E-state index is 0.112. The molecule has 0 unspecified atom stereocenters. The molecule has 1 saturated heterocycles. The lowest BCUT2D eigenvalue weighted by atomic mass is 10.1. The first-order valence-corrected chi connectivity index (χ1v) is 9.02. The zero-order valence-electron chi connectivity index (χ0n) is 13.2. The summed E-state index contributed by atoms with van der Waals surface area (Å²) in [5.74, 6) is 0.392. The largest absolute Gasteiger partial charge is 0.462 e. The minimum atomic E-state index is -3.11. The zero-order valence-corrected chi connectivity index (χ0v) is 14.0. The number of anilines is 1. The van der Waals surface area contributed by atoms with Gasteiger partial charge >= 0.3 is 5.97 Å². The maximum Gasteiger partial charge on any atom is 0.339 e. The Morgan fingerprint density at radius 2 is 2.09 bits per heavy atom. The molecule has 0 bridgehead atoms. The van der Waals surface area contributed by atoms with Gasteiger partial charge in [0.15, 0.2) is 9.84 Å². The van der Waals surface area contributed by atoms with Gasteiger partial charge in [0, 0.05) is 19.3 Å². The van der Waals surface area contributed by atoms with E-state index < -0.39 is 20.6 Å². The smallest absolute Gasteiger partial charge is 0.339 e. The number of pyridine rings is 1. The molecule has 6 nitrogen and oxygen atoms in total. The van der Waals surface area contributed by atoms with E-state index >= 15 is 0 Å². The molecule has 1 aliphatic rings. The van der Waals surface area contributed by atoms with Gasteiger partial charge in [-0.05, 0) is 39.3 Å². The Kier molecular flexibility index (Phi) is 4.75. The maximum atomic E-state index is 12.2. The van der Waals surface area contributed by atoms with Crippen LogP contribution in [0.1, 0.15) is 37.6 Å². The SMILES string of the molecule is CCOC(=O)c1ccc(N2CCC(C)(C)S(=O)(=O)CC2)nc1. The Morgan fingerprint density at radius 1 is 1.36 bits per heavy atom. The van der Waals surface area contributed by atoms with Gasteiger partial charge in [-0.3, -0.25) is 0 Å². The Hall–Kier alpha value is -1.63. The molecular weight excluding hydrogens is 304 g/mol. The number of hydrogen-bond donors (Lipinski definition) is 0. The quantitative estimate of drug-likeness (QED) is 0.786. The Bertz CT molecular complexity index is 638. The fourth-order valence-electron chi connectivity index (χ4n) is 2.32. The van der Waals surface area contributed by atoms with Gasteiger partial charge in [-0.1, -0.05) is 0 Å². The summed E-state index contributed by atoms with van der Waals surface area (Å²) < 4.78 is 28.6. The van der Waals surface area contributed by atoms with Crippen LogP contribution in [0.15, 0.2) is 18.3 Å². The Morgan fingerprint density at radius 3 is 2.68 bits per heavy atom. The highest BCUT2D eigenvalue weighted by molar-refractivity contribution is 7.92. The molecule has 1 aliphatic heterocycles. The number of carbonyl (C=O) groups is 1. The second kappa shape index (κ2) is 6.24. The molecule has 2 heterocycles. The predicted molar refractivity (Wildman–Crippen MR) is 84.9 cm³/mol. The second-order valence-corrected chi connectivity index (χ2v) is 8.68. The van der Waals surface area contributed by atoms with E-state index in [4.69, 9.17) is 4.74 Å². The Labute approximate surface area is 131 Å². The van der Waals surface area contributed by atoms with Crippen LogP contribution < -0.4 is 4.90 Å². The van der Waals surface area contributed by atoms with Crippen molar-refractivity contribution in [2.45, 2.75) is 31.9 Å². The van der Waals surface area contributed by atoms with Crippen LogP contribution in [0.5, 0.6) is 0 Å². The van der Waals surface area contributed by atoms with E-state index in [0.29, 0.717) is 37.5 Å². The maximum absolute atomic E-state index is 12.2. The van der Waals surface area contributed by atoms with E-state index in [1.807, 2.05) is 4.90 Å². The summed E-state index contributed by atoms with van der Waals surface area (Å²) in [6, 6.07) is 3.39. The molecule has 1 aromatic rings. The van der Waals surface area contributed by atoms with Crippen LogP contribution in [-0.4, -0.2) is 49.6 Å². The van der Waals surface area contributed by atoms with Crippen molar-refractivity contribution in [2.24, 2.45) is 0 Å². The van der Waals surface area contributed by atoms with Gasteiger partial charge in [0.05, 0.1) is 22.7 Å². The summed E-state index contributed by atoms with van der Waals surface area (Å²) in [5.41, 5.74) is 0.397.